The molecule has 0 saturated carbocycles. The van der Waals surface area contributed by atoms with Gasteiger partial charge in [0.2, 0.25) is 0 Å². The van der Waals surface area contributed by atoms with Crippen LogP contribution in [0.4, 0.5) is 13.2 Å². The van der Waals surface area contributed by atoms with Gasteiger partial charge in [0.1, 0.15) is 12.4 Å². The highest BCUT2D eigenvalue weighted by Gasteiger charge is 2.30. The van der Waals surface area contributed by atoms with Crippen molar-refractivity contribution in [1.29, 1.82) is 0 Å². The van der Waals surface area contributed by atoms with Crippen LogP contribution in [0.25, 0.3) is 10.9 Å². The van der Waals surface area contributed by atoms with Gasteiger partial charge >= 0.3 is 6.18 Å². The summed E-state index contributed by atoms with van der Waals surface area (Å²) in [6.07, 6.45) is -0.227. The molecule has 1 aliphatic rings. The minimum absolute atomic E-state index is 0.0101. The highest BCUT2D eigenvalue weighted by Crippen LogP contribution is 2.29. The van der Waals surface area contributed by atoms with Crippen molar-refractivity contribution in [2.24, 2.45) is 11.1 Å². The molecule has 1 aromatic heterocycles. The van der Waals surface area contributed by atoms with Crippen LogP contribution < -0.4 is 10.1 Å². The summed E-state index contributed by atoms with van der Waals surface area (Å²) < 4.78 is 49.9. The number of hydrogen-bond acceptors (Lipinski definition) is 5. The third kappa shape index (κ3) is 7.91. The summed E-state index contributed by atoms with van der Waals surface area (Å²) in [5.41, 5.74) is 3.13. The predicted molar refractivity (Wildman–Crippen MR) is 153 cm³/mol. The van der Waals surface area contributed by atoms with Crippen molar-refractivity contribution < 1.29 is 32.3 Å². The lowest BCUT2D eigenvalue weighted by Gasteiger charge is -2.22. The third-order valence-electron chi connectivity index (χ3n) is 7.16. The molecule has 0 aliphatic carbocycles. The fraction of sp³-hybridized carbons (Fsp3) is 0.312. The van der Waals surface area contributed by atoms with Crippen LogP contribution in [0.1, 0.15) is 35.1 Å². The van der Waals surface area contributed by atoms with E-state index >= 15 is 0 Å². The number of amides is 1. The Morgan fingerprint density at radius 1 is 1.00 bits per heavy atom. The molecule has 2 N–H and O–H groups in total. The number of carbonyl (C=O) groups excluding carboxylic acids is 1. The van der Waals surface area contributed by atoms with Gasteiger partial charge in [0, 0.05) is 48.8 Å². The van der Waals surface area contributed by atoms with Crippen LogP contribution in [-0.2, 0) is 33.6 Å². The van der Waals surface area contributed by atoms with E-state index < -0.39 is 11.7 Å². The van der Waals surface area contributed by atoms with E-state index in [0.29, 0.717) is 35.9 Å². The maximum atomic E-state index is 12.9. The van der Waals surface area contributed by atoms with E-state index in [1.54, 1.807) is 6.07 Å². The first kappa shape index (κ1) is 29.2. The molecule has 3 aromatic carbocycles. The Hall–Kier alpha value is -4.31. The average Bonchev–Trinajstić information content (AvgIpc) is 3.42. The van der Waals surface area contributed by atoms with Crippen molar-refractivity contribution in [3.05, 3.63) is 101 Å². The Morgan fingerprint density at radius 2 is 1.76 bits per heavy atom. The average molecular weight is 580 g/mol. The monoisotopic (exact) mass is 579 g/mol. The number of benzene rings is 3. The Labute approximate surface area is 241 Å². The molecule has 1 fully saturated rings. The first-order valence-electron chi connectivity index (χ1n) is 13.8. The molecule has 220 valence electrons. The van der Waals surface area contributed by atoms with Crippen LogP contribution in [0.5, 0.6) is 5.75 Å². The van der Waals surface area contributed by atoms with Gasteiger partial charge in [0.05, 0.1) is 11.3 Å². The molecule has 2 heterocycles. The number of carbonyl (C=O) groups is 1. The summed E-state index contributed by atoms with van der Waals surface area (Å²) in [5.74, 6) is 0.776. The van der Waals surface area contributed by atoms with Crippen LogP contribution in [0.3, 0.4) is 0 Å². The Kier molecular flexibility index (Phi) is 9.43. The fourth-order valence-corrected chi connectivity index (χ4v) is 4.78. The van der Waals surface area contributed by atoms with Crippen LogP contribution >= 0.6 is 0 Å². The lowest BCUT2D eigenvalue weighted by Crippen LogP contribution is -2.35. The van der Waals surface area contributed by atoms with Crippen LogP contribution in [0.2, 0.25) is 0 Å². The van der Waals surface area contributed by atoms with Crippen molar-refractivity contribution in [3.8, 4) is 5.75 Å². The smallest absolute Gasteiger partial charge is 0.416 e. The lowest BCUT2D eigenvalue weighted by molar-refractivity contribution is -0.137. The van der Waals surface area contributed by atoms with Crippen molar-refractivity contribution in [1.82, 2.24) is 10.3 Å². The molecule has 0 atom stereocenters. The van der Waals surface area contributed by atoms with Crippen LogP contribution in [0, 0.1) is 5.92 Å². The number of H-pyrrole nitrogens is 1. The molecule has 1 saturated heterocycles. The molecule has 0 radical (unpaired) electrons. The summed E-state index contributed by atoms with van der Waals surface area (Å²) >= 11 is 0. The topological polar surface area (TPSA) is 84.9 Å². The molecule has 7 nitrogen and oxygen atoms in total. The number of oxime groups is 1. The summed E-state index contributed by atoms with van der Waals surface area (Å²) in [6, 6.07) is 20.1. The molecule has 0 bridgehead atoms. The standard InChI is InChI=1S/C32H32F3N3O4/c33-32(34,35)25-8-6-24(7-9-25)20-42-38-30(16-22-4-2-1-3-5-22)28-19-36-29-11-10-26(17-27(28)29)41-21-31(39)37-18-23-12-14-40-15-13-23/h1-11,17,19,23,36H,12-16,18,20-21H2,(H,37,39)/b38-30+. The van der Waals surface area contributed by atoms with Crippen molar-refractivity contribution in [2.45, 2.75) is 32.0 Å². The highest BCUT2D eigenvalue weighted by molar-refractivity contribution is 6.11. The number of ether oxygens (including phenoxy) is 2. The Morgan fingerprint density at radius 3 is 2.50 bits per heavy atom. The minimum atomic E-state index is -4.40. The van der Waals surface area contributed by atoms with Gasteiger partial charge in [-0.3, -0.25) is 4.79 Å². The van der Waals surface area contributed by atoms with Gasteiger partial charge in [0.15, 0.2) is 6.61 Å². The molecule has 1 amide bonds. The molecule has 5 rings (SSSR count). The summed E-state index contributed by atoms with van der Waals surface area (Å²) in [7, 11) is 0. The molecule has 0 unspecified atom stereocenters. The maximum absolute atomic E-state index is 12.9. The number of rotatable bonds is 11. The summed E-state index contributed by atoms with van der Waals surface area (Å²) in [5, 5.41) is 8.19. The number of halogens is 3. The quantitative estimate of drug-likeness (QED) is 0.162. The zero-order valence-corrected chi connectivity index (χ0v) is 23.0. The first-order valence-corrected chi connectivity index (χ1v) is 13.8. The SMILES string of the molecule is O=C(COc1ccc2[nH]cc(/C(Cc3ccccc3)=N/OCc3ccc(C(F)(F)F)cc3)c2c1)NCC1CCOCC1. The number of aromatic nitrogens is 1. The maximum Gasteiger partial charge on any atom is 0.416 e. The number of alkyl halides is 3. The molecular weight excluding hydrogens is 547 g/mol. The number of aromatic amines is 1. The molecular formula is C32H32F3N3O4. The van der Waals surface area contributed by atoms with Gasteiger partial charge in [-0.25, -0.2) is 0 Å². The van der Waals surface area contributed by atoms with Gasteiger partial charge in [0.25, 0.3) is 5.91 Å². The second kappa shape index (κ2) is 13.6. The summed E-state index contributed by atoms with van der Waals surface area (Å²) in [6.45, 7) is 1.97. The lowest BCUT2D eigenvalue weighted by atomic mass is 10.0. The van der Waals surface area contributed by atoms with E-state index in [2.05, 4.69) is 15.5 Å². The first-order chi connectivity index (χ1) is 20.3. The van der Waals surface area contributed by atoms with Crippen molar-refractivity contribution in [2.75, 3.05) is 26.4 Å². The van der Waals surface area contributed by atoms with E-state index in [1.165, 1.54) is 12.1 Å². The second-order valence-corrected chi connectivity index (χ2v) is 10.2. The van der Waals surface area contributed by atoms with E-state index in [9.17, 15) is 18.0 Å². The number of hydrogen-bond donors (Lipinski definition) is 2. The second-order valence-electron chi connectivity index (χ2n) is 10.2. The van der Waals surface area contributed by atoms with E-state index in [0.717, 1.165) is 60.2 Å². The van der Waals surface area contributed by atoms with Gasteiger partial charge in [-0.15, -0.1) is 0 Å². The normalized spacial score (nSPS) is 14.6. The minimum Gasteiger partial charge on any atom is -0.484 e. The number of fused-ring (bicyclic) bond motifs is 1. The zero-order chi connectivity index (χ0) is 29.4. The van der Waals surface area contributed by atoms with Gasteiger partial charge < -0.3 is 24.6 Å². The van der Waals surface area contributed by atoms with E-state index in [4.69, 9.17) is 14.3 Å². The fourth-order valence-electron chi connectivity index (χ4n) is 4.78. The van der Waals surface area contributed by atoms with Gasteiger partial charge in [-0.2, -0.15) is 13.2 Å². The number of nitrogens with zero attached hydrogens (tertiary/aromatic N) is 1. The van der Waals surface area contributed by atoms with E-state index in [-0.39, 0.29) is 19.1 Å². The third-order valence-corrected chi connectivity index (χ3v) is 7.16. The van der Waals surface area contributed by atoms with Crippen LogP contribution in [-0.4, -0.2) is 43.0 Å². The largest absolute Gasteiger partial charge is 0.484 e. The van der Waals surface area contributed by atoms with Gasteiger partial charge in [-0.05, 0) is 60.2 Å². The zero-order valence-electron chi connectivity index (χ0n) is 23.0. The van der Waals surface area contributed by atoms with Crippen LogP contribution in [0.15, 0.2) is 84.1 Å². The van der Waals surface area contributed by atoms with Crippen molar-refractivity contribution in [3.63, 3.8) is 0 Å². The van der Waals surface area contributed by atoms with E-state index in [1.807, 2.05) is 48.7 Å². The highest BCUT2D eigenvalue weighted by atomic mass is 19.4. The predicted octanol–water partition coefficient (Wildman–Crippen LogP) is 6.27. The molecule has 10 heteroatoms. The van der Waals surface area contributed by atoms with Gasteiger partial charge in [-0.1, -0.05) is 47.6 Å². The Bertz CT molecular complexity index is 1500. The number of nitrogens with one attached hydrogen (secondary N) is 2. The summed E-state index contributed by atoms with van der Waals surface area (Å²) in [4.78, 5) is 21.3. The molecule has 4 aromatic rings. The Balaban J connectivity index is 1.29. The molecule has 0 spiro atoms. The molecule has 42 heavy (non-hydrogen) atoms. The molecule has 1 aliphatic heterocycles. The van der Waals surface area contributed by atoms with Crippen molar-refractivity contribution >= 4 is 22.5 Å².